The van der Waals surface area contributed by atoms with E-state index in [0.29, 0.717) is 41.9 Å². The van der Waals surface area contributed by atoms with Crippen LogP contribution < -0.4 is 15.3 Å². The predicted molar refractivity (Wildman–Crippen MR) is 144 cm³/mol. The Morgan fingerprint density at radius 3 is 1.05 bits per heavy atom. The fourth-order valence-corrected chi connectivity index (χ4v) is 8.64. The SMILES string of the molecule is CC(C)N(C(C)C)C1C(N(C(C)C)C(C)C)C1P(c1ccc(F)cc1)c1ccc(F)cc1.FB(F)F.[F-]. The quantitative estimate of drug-likeness (QED) is 0.269. The topological polar surface area (TPSA) is 6.48 Å². The van der Waals surface area contributed by atoms with Gasteiger partial charge in [0, 0.05) is 41.9 Å². The highest BCUT2D eigenvalue weighted by atomic mass is 31.1. The number of nitrogens with zero attached hydrogens (tertiary/aromatic N) is 2. The lowest BCUT2D eigenvalue weighted by Gasteiger charge is -2.35. The van der Waals surface area contributed by atoms with Gasteiger partial charge in [0.2, 0.25) is 0 Å². The zero-order valence-electron chi connectivity index (χ0n) is 22.8. The van der Waals surface area contributed by atoms with Crippen LogP contribution in [0.4, 0.5) is 21.7 Å². The smallest absolute Gasteiger partial charge is 0.762 e. The van der Waals surface area contributed by atoms with Gasteiger partial charge < -0.3 is 4.70 Å². The Kier molecular flexibility index (Phi) is 13.2. The Morgan fingerprint density at radius 2 is 0.838 bits per heavy atom. The molecular weight excluding hydrogens is 508 g/mol. The van der Waals surface area contributed by atoms with Crippen molar-refractivity contribution in [2.75, 3.05) is 0 Å². The molecule has 0 amide bonds. The minimum Gasteiger partial charge on any atom is -1.00 e. The highest BCUT2D eigenvalue weighted by Crippen LogP contribution is 2.57. The molecule has 10 heteroatoms. The maximum Gasteiger partial charge on any atom is 0.762 e. The second-order valence-corrected chi connectivity index (χ2v) is 12.7. The Morgan fingerprint density at radius 1 is 0.595 bits per heavy atom. The van der Waals surface area contributed by atoms with Crippen molar-refractivity contribution in [2.45, 2.75) is 97.3 Å². The molecule has 0 spiro atoms. The molecule has 2 unspecified atom stereocenters. The van der Waals surface area contributed by atoms with Crippen molar-refractivity contribution in [3.05, 3.63) is 60.2 Å². The monoisotopic (exact) mass is 547 g/mol. The number of halogens is 6. The molecule has 0 N–H and O–H groups in total. The molecule has 2 nitrogen and oxygen atoms in total. The van der Waals surface area contributed by atoms with Crippen LogP contribution in [-0.2, 0) is 0 Å². The average molecular weight is 547 g/mol. The first-order valence-electron chi connectivity index (χ1n) is 12.5. The fourth-order valence-electron chi connectivity index (χ4n) is 5.54. The zero-order valence-corrected chi connectivity index (χ0v) is 23.7. The van der Waals surface area contributed by atoms with Crippen LogP contribution >= 0.6 is 7.92 Å². The van der Waals surface area contributed by atoms with Gasteiger partial charge in [0.05, 0.1) is 0 Å². The van der Waals surface area contributed by atoms with Crippen molar-refractivity contribution in [2.24, 2.45) is 0 Å². The number of hydrogen-bond donors (Lipinski definition) is 0. The third-order valence-electron chi connectivity index (χ3n) is 6.49. The van der Waals surface area contributed by atoms with E-state index in [1.165, 1.54) is 0 Å². The summed E-state index contributed by atoms with van der Waals surface area (Å²) in [6.45, 7) is 18.2. The summed E-state index contributed by atoms with van der Waals surface area (Å²) in [6.07, 6.45) is 0. The molecule has 208 valence electrons. The summed E-state index contributed by atoms with van der Waals surface area (Å²) in [7, 11) is -4.45. The van der Waals surface area contributed by atoms with E-state index in [4.69, 9.17) is 0 Å². The highest BCUT2D eigenvalue weighted by Gasteiger charge is 2.61. The summed E-state index contributed by atoms with van der Waals surface area (Å²) in [5.74, 6) is -0.438. The molecule has 2 atom stereocenters. The summed E-state index contributed by atoms with van der Waals surface area (Å²) in [4.78, 5) is 5.30. The molecule has 2 aromatic rings. The predicted octanol–water partition coefficient (Wildman–Crippen LogP) is 3.64. The van der Waals surface area contributed by atoms with Gasteiger partial charge in [-0.05, 0) is 98.2 Å². The van der Waals surface area contributed by atoms with Crippen molar-refractivity contribution < 1.29 is 26.4 Å². The fraction of sp³-hybridized carbons (Fsp3) is 0.556. The maximum atomic E-state index is 13.8. The summed E-state index contributed by atoms with van der Waals surface area (Å²) < 4.78 is 56.6. The summed E-state index contributed by atoms with van der Waals surface area (Å²) >= 11 is 0. The van der Waals surface area contributed by atoms with Crippen LogP contribution in [0.2, 0.25) is 0 Å². The molecule has 1 fully saturated rings. The van der Waals surface area contributed by atoms with Crippen molar-refractivity contribution >= 4 is 26.1 Å². The van der Waals surface area contributed by atoms with E-state index < -0.39 is 15.5 Å². The Labute approximate surface area is 220 Å². The van der Waals surface area contributed by atoms with Gasteiger partial charge in [0.1, 0.15) is 11.6 Å². The molecule has 2 aromatic carbocycles. The molecule has 1 saturated carbocycles. The maximum absolute atomic E-state index is 13.8. The molecule has 0 heterocycles. The number of benzene rings is 2. The van der Waals surface area contributed by atoms with Crippen LogP contribution in [0.5, 0.6) is 0 Å². The molecule has 37 heavy (non-hydrogen) atoms. The van der Waals surface area contributed by atoms with Gasteiger partial charge in [-0.1, -0.05) is 24.3 Å². The van der Waals surface area contributed by atoms with Crippen LogP contribution in [0.25, 0.3) is 0 Å². The third-order valence-corrected chi connectivity index (χ3v) is 9.41. The summed E-state index contributed by atoms with van der Waals surface area (Å²) in [6, 6.07) is 16.5. The molecule has 0 aliphatic heterocycles. The molecule has 0 radical (unpaired) electrons. The van der Waals surface area contributed by atoms with Crippen molar-refractivity contribution in [1.82, 2.24) is 9.80 Å². The molecular formula is C27H39BF6N2P-. The van der Waals surface area contributed by atoms with Crippen LogP contribution in [0, 0.1) is 11.6 Å². The normalized spacial score (nSPS) is 19.1. The first kappa shape index (κ1) is 33.5. The Balaban J connectivity index is 0.00000127. The number of rotatable bonds is 9. The van der Waals surface area contributed by atoms with Crippen LogP contribution in [0.15, 0.2) is 48.5 Å². The summed E-state index contributed by atoms with van der Waals surface area (Å²) in [5, 5.41) is 2.32. The van der Waals surface area contributed by atoms with Crippen LogP contribution in [-0.4, -0.2) is 59.3 Å². The standard InChI is InChI=1S/C27H39F2N2P.BF3.FH/c1-17(2)30(18(3)4)25-26(31(19(5)6)20(7)8)27(25)32(23-13-9-21(28)10-14-23)24-15-11-22(29)12-16-24;2-1(3)4;/h9-20,25-27H,1-8H3;;1H/p-1. The Hall–Kier alpha value is -1.57. The molecule has 1 aliphatic carbocycles. The zero-order chi connectivity index (χ0) is 27.3. The first-order valence-corrected chi connectivity index (χ1v) is 14.0. The lowest BCUT2D eigenvalue weighted by molar-refractivity contribution is -0.0000129. The van der Waals surface area contributed by atoms with Crippen molar-refractivity contribution in [1.29, 1.82) is 0 Å². The van der Waals surface area contributed by atoms with E-state index in [-0.39, 0.29) is 16.3 Å². The van der Waals surface area contributed by atoms with E-state index in [2.05, 4.69) is 65.2 Å². The second kappa shape index (κ2) is 14.6. The lowest BCUT2D eigenvalue weighted by atomic mass is 10.2. The number of hydrogen-bond acceptors (Lipinski definition) is 2. The van der Waals surface area contributed by atoms with Crippen LogP contribution in [0.1, 0.15) is 55.4 Å². The van der Waals surface area contributed by atoms with E-state index in [9.17, 15) is 21.7 Å². The molecule has 0 saturated heterocycles. The van der Waals surface area contributed by atoms with Gasteiger partial charge in [-0.25, -0.2) is 8.78 Å². The van der Waals surface area contributed by atoms with Crippen LogP contribution in [0.3, 0.4) is 0 Å². The lowest BCUT2D eigenvalue weighted by Crippen LogP contribution is -3.00. The van der Waals surface area contributed by atoms with Gasteiger partial charge >= 0.3 is 7.54 Å². The van der Waals surface area contributed by atoms with Gasteiger partial charge in [-0.2, -0.15) is 0 Å². The molecule has 1 aliphatic rings. The first-order chi connectivity index (χ1) is 16.8. The van der Waals surface area contributed by atoms with Crippen molar-refractivity contribution in [3.8, 4) is 0 Å². The van der Waals surface area contributed by atoms with Gasteiger partial charge in [0.25, 0.3) is 0 Å². The van der Waals surface area contributed by atoms with Gasteiger partial charge in [-0.3, -0.25) is 22.7 Å². The summed E-state index contributed by atoms with van der Waals surface area (Å²) in [5.41, 5.74) is 0.399. The third kappa shape index (κ3) is 8.73. The van der Waals surface area contributed by atoms with E-state index >= 15 is 0 Å². The highest BCUT2D eigenvalue weighted by molar-refractivity contribution is 7.74. The molecule has 3 rings (SSSR count). The average Bonchev–Trinajstić information content (AvgIpc) is 3.42. The largest absolute Gasteiger partial charge is 1.00 e. The molecule has 0 bridgehead atoms. The van der Waals surface area contributed by atoms with E-state index in [0.717, 1.165) is 10.6 Å². The molecule has 0 aromatic heterocycles. The minimum atomic E-state index is -3.67. The second-order valence-electron chi connectivity index (χ2n) is 10.3. The minimum absolute atomic E-state index is 0. The van der Waals surface area contributed by atoms with E-state index in [1.54, 1.807) is 24.3 Å². The Bertz CT molecular complexity index is 837. The van der Waals surface area contributed by atoms with E-state index in [1.807, 2.05) is 24.3 Å². The van der Waals surface area contributed by atoms with Gasteiger partial charge in [0.15, 0.2) is 0 Å². The van der Waals surface area contributed by atoms with Gasteiger partial charge in [-0.15, -0.1) is 0 Å². The van der Waals surface area contributed by atoms with Crippen molar-refractivity contribution in [3.63, 3.8) is 0 Å².